The van der Waals surface area contributed by atoms with E-state index in [0.29, 0.717) is 13.2 Å². The lowest BCUT2D eigenvalue weighted by molar-refractivity contribution is 0.206. The van der Waals surface area contributed by atoms with E-state index in [9.17, 15) is 0 Å². The SMILES string of the molecule is CCOc1c(Br)cc(Br)cc1CNC(C)C(C)CO. The molecule has 0 radical (unpaired) electrons. The minimum absolute atomic E-state index is 0.189. The summed E-state index contributed by atoms with van der Waals surface area (Å²) in [6.07, 6.45) is 0. The molecule has 0 fully saturated rings. The largest absolute Gasteiger partial charge is 0.492 e. The molecule has 0 aliphatic carbocycles. The van der Waals surface area contributed by atoms with Crippen LogP contribution in [0.1, 0.15) is 26.3 Å². The highest BCUT2D eigenvalue weighted by atomic mass is 79.9. The van der Waals surface area contributed by atoms with Gasteiger partial charge in [0.2, 0.25) is 0 Å². The molecule has 19 heavy (non-hydrogen) atoms. The maximum absolute atomic E-state index is 9.15. The number of ether oxygens (including phenoxy) is 1. The first-order chi connectivity index (χ1) is 8.99. The Labute approximate surface area is 132 Å². The molecule has 108 valence electrons. The first-order valence-electron chi connectivity index (χ1n) is 6.44. The van der Waals surface area contributed by atoms with E-state index in [1.54, 1.807) is 0 Å². The molecule has 0 aromatic heterocycles. The van der Waals surface area contributed by atoms with Gasteiger partial charge in [0.1, 0.15) is 5.75 Å². The van der Waals surface area contributed by atoms with Crippen LogP contribution >= 0.6 is 31.9 Å². The third-order valence-electron chi connectivity index (χ3n) is 3.13. The van der Waals surface area contributed by atoms with Crippen molar-refractivity contribution < 1.29 is 9.84 Å². The molecule has 3 nitrogen and oxygen atoms in total. The lowest BCUT2D eigenvalue weighted by atomic mass is 10.0. The molecule has 0 saturated carbocycles. The highest BCUT2D eigenvalue weighted by Crippen LogP contribution is 2.33. The molecule has 0 heterocycles. The van der Waals surface area contributed by atoms with Crippen LogP contribution in [0.25, 0.3) is 0 Å². The summed E-state index contributed by atoms with van der Waals surface area (Å²) >= 11 is 7.02. The summed E-state index contributed by atoms with van der Waals surface area (Å²) in [5.74, 6) is 1.10. The minimum Gasteiger partial charge on any atom is -0.492 e. The van der Waals surface area contributed by atoms with E-state index in [1.807, 2.05) is 19.9 Å². The van der Waals surface area contributed by atoms with Crippen LogP contribution in [0.15, 0.2) is 21.1 Å². The summed E-state index contributed by atoms with van der Waals surface area (Å²) < 4.78 is 7.65. The third-order valence-corrected chi connectivity index (χ3v) is 4.18. The maximum atomic E-state index is 9.15. The summed E-state index contributed by atoms with van der Waals surface area (Å²) in [7, 11) is 0. The van der Waals surface area contributed by atoms with Crippen molar-refractivity contribution in [2.45, 2.75) is 33.4 Å². The second-order valence-corrected chi connectivity index (χ2v) is 6.41. The molecule has 5 heteroatoms. The van der Waals surface area contributed by atoms with Crippen molar-refractivity contribution in [1.29, 1.82) is 0 Å². The monoisotopic (exact) mass is 393 g/mol. The highest BCUT2D eigenvalue weighted by molar-refractivity contribution is 9.11. The molecule has 0 aliphatic heterocycles. The van der Waals surface area contributed by atoms with Gasteiger partial charge in [0.25, 0.3) is 0 Å². The van der Waals surface area contributed by atoms with Crippen molar-refractivity contribution in [1.82, 2.24) is 5.32 Å². The number of benzene rings is 1. The van der Waals surface area contributed by atoms with Gasteiger partial charge in [-0.25, -0.2) is 0 Å². The fourth-order valence-electron chi connectivity index (χ4n) is 1.68. The molecule has 2 atom stereocenters. The van der Waals surface area contributed by atoms with Crippen molar-refractivity contribution in [3.05, 3.63) is 26.6 Å². The van der Waals surface area contributed by atoms with Gasteiger partial charge in [-0.1, -0.05) is 22.9 Å². The Morgan fingerprint density at radius 3 is 2.58 bits per heavy atom. The predicted octanol–water partition coefficient (Wildman–Crippen LogP) is 3.72. The second kappa shape index (κ2) is 8.25. The van der Waals surface area contributed by atoms with E-state index in [1.165, 1.54) is 0 Å². The average Bonchev–Trinajstić information content (AvgIpc) is 2.38. The molecule has 0 saturated heterocycles. The van der Waals surface area contributed by atoms with Gasteiger partial charge < -0.3 is 15.2 Å². The van der Waals surface area contributed by atoms with E-state index in [2.05, 4.69) is 50.2 Å². The summed E-state index contributed by atoms with van der Waals surface area (Å²) in [5.41, 5.74) is 1.10. The van der Waals surface area contributed by atoms with Crippen LogP contribution in [0.2, 0.25) is 0 Å². The Morgan fingerprint density at radius 2 is 2.00 bits per heavy atom. The summed E-state index contributed by atoms with van der Waals surface area (Å²) in [6.45, 7) is 7.61. The first kappa shape index (κ1) is 17.0. The number of hydrogen-bond donors (Lipinski definition) is 2. The molecule has 0 spiro atoms. The van der Waals surface area contributed by atoms with Crippen LogP contribution < -0.4 is 10.1 Å². The summed E-state index contributed by atoms with van der Waals surface area (Å²) in [6, 6.07) is 4.28. The maximum Gasteiger partial charge on any atom is 0.138 e. The molecule has 0 amide bonds. The highest BCUT2D eigenvalue weighted by Gasteiger charge is 2.14. The van der Waals surface area contributed by atoms with Gasteiger partial charge in [-0.2, -0.15) is 0 Å². The zero-order chi connectivity index (χ0) is 14.4. The van der Waals surface area contributed by atoms with Crippen LogP contribution in [0, 0.1) is 5.92 Å². The molecule has 0 aliphatic rings. The zero-order valence-electron chi connectivity index (χ0n) is 11.5. The van der Waals surface area contributed by atoms with Gasteiger partial charge in [0, 0.05) is 29.2 Å². The van der Waals surface area contributed by atoms with E-state index in [0.717, 1.165) is 20.3 Å². The molecule has 2 unspecified atom stereocenters. The van der Waals surface area contributed by atoms with Crippen molar-refractivity contribution >= 4 is 31.9 Å². The van der Waals surface area contributed by atoms with E-state index in [4.69, 9.17) is 9.84 Å². The van der Waals surface area contributed by atoms with Crippen LogP contribution in [0.4, 0.5) is 0 Å². The Bertz CT molecular complexity index is 413. The van der Waals surface area contributed by atoms with E-state index < -0.39 is 0 Å². The Balaban J connectivity index is 2.81. The summed E-state index contributed by atoms with van der Waals surface area (Å²) in [4.78, 5) is 0. The molecular weight excluding hydrogens is 374 g/mol. The van der Waals surface area contributed by atoms with Crippen LogP contribution in [0.3, 0.4) is 0 Å². The second-order valence-electron chi connectivity index (χ2n) is 4.64. The molecule has 1 rings (SSSR count). The molecular formula is C14H21Br2NO2. The number of rotatable bonds is 7. The minimum atomic E-state index is 0.189. The van der Waals surface area contributed by atoms with Gasteiger partial charge in [-0.3, -0.25) is 0 Å². The number of hydrogen-bond acceptors (Lipinski definition) is 3. The van der Waals surface area contributed by atoms with Crippen LogP contribution in [0.5, 0.6) is 5.75 Å². The Morgan fingerprint density at radius 1 is 1.32 bits per heavy atom. The lowest BCUT2D eigenvalue weighted by Gasteiger charge is -2.21. The fourth-order valence-corrected chi connectivity index (χ4v) is 3.11. The van der Waals surface area contributed by atoms with Crippen LogP contribution in [-0.4, -0.2) is 24.4 Å². The molecule has 2 N–H and O–H groups in total. The first-order valence-corrected chi connectivity index (χ1v) is 8.03. The average molecular weight is 395 g/mol. The van der Waals surface area contributed by atoms with Crippen molar-refractivity contribution in [2.24, 2.45) is 5.92 Å². The normalized spacial score (nSPS) is 14.2. The molecule has 1 aromatic rings. The van der Waals surface area contributed by atoms with Gasteiger partial charge in [0.15, 0.2) is 0 Å². The van der Waals surface area contributed by atoms with E-state index >= 15 is 0 Å². The Kier molecular flexibility index (Phi) is 7.36. The standard InChI is InChI=1S/C14H21Br2NO2/c1-4-19-14-11(5-12(15)6-13(14)16)7-17-10(3)9(2)8-18/h5-6,9-10,17-18H,4,7-8H2,1-3H3. The number of aliphatic hydroxyl groups excluding tert-OH is 1. The topological polar surface area (TPSA) is 41.5 Å². The summed E-state index contributed by atoms with van der Waals surface area (Å²) in [5, 5.41) is 12.6. The Hall–Kier alpha value is -0.100. The lowest BCUT2D eigenvalue weighted by Crippen LogP contribution is -2.33. The quantitative estimate of drug-likeness (QED) is 0.740. The van der Waals surface area contributed by atoms with Gasteiger partial charge in [-0.05, 0) is 47.8 Å². The molecule has 1 aromatic carbocycles. The van der Waals surface area contributed by atoms with Crippen molar-refractivity contribution in [3.63, 3.8) is 0 Å². The van der Waals surface area contributed by atoms with Crippen molar-refractivity contribution in [3.8, 4) is 5.75 Å². The number of nitrogens with one attached hydrogen (secondary N) is 1. The fraction of sp³-hybridized carbons (Fsp3) is 0.571. The van der Waals surface area contributed by atoms with E-state index in [-0.39, 0.29) is 18.6 Å². The number of aliphatic hydroxyl groups is 1. The van der Waals surface area contributed by atoms with Crippen molar-refractivity contribution in [2.75, 3.05) is 13.2 Å². The van der Waals surface area contributed by atoms with Crippen LogP contribution in [-0.2, 0) is 6.54 Å². The third kappa shape index (κ3) is 5.06. The van der Waals surface area contributed by atoms with Gasteiger partial charge in [-0.15, -0.1) is 0 Å². The molecule has 0 bridgehead atoms. The number of halogens is 2. The smallest absolute Gasteiger partial charge is 0.138 e. The van der Waals surface area contributed by atoms with Gasteiger partial charge >= 0.3 is 0 Å². The van der Waals surface area contributed by atoms with Gasteiger partial charge in [0.05, 0.1) is 11.1 Å². The zero-order valence-corrected chi connectivity index (χ0v) is 14.7. The predicted molar refractivity (Wildman–Crippen MR) is 85.6 cm³/mol.